The van der Waals surface area contributed by atoms with E-state index in [-0.39, 0.29) is 17.9 Å². The van der Waals surface area contributed by atoms with E-state index in [1.165, 1.54) is 6.92 Å². The second-order valence-corrected chi connectivity index (χ2v) is 5.15. The molecule has 2 aromatic carbocycles. The standard InChI is InChI=1S/C17H16F2N2O3/c1-10(22)11-2-5-13(6-3-11)21-17(24)20-9-16(23)14-7-4-12(18)8-15(14)19/h2-8,16,23H,9H2,1H3,(H2,20,21,24)/t16-/m0/s1. The topological polar surface area (TPSA) is 78.4 Å². The molecule has 0 spiro atoms. The summed E-state index contributed by atoms with van der Waals surface area (Å²) in [7, 11) is 0. The van der Waals surface area contributed by atoms with E-state index in [1.54, 1.807) is 24.3 Å². The van der Waals surface area contributed by atoms with Crippen LogP contribution in [0.2, 0.25) is 0 Å². The number of hydrogen-bond acceptors (Lipinski definition) is 3. The predicted molar refractivity (Wildman–Crippen MR) is 84.8 cm³/mol. The van der Waals surface area contributed by atoms with E-state index in [1.807, 2.05) is 0 Å². The first-order valence-corrected chi connectivity index (χ1v) is 7.15. The van der Waals surface area contributed by atoms with Gasteiger partial charge in [0.1, 0.15) is 11.6 Å². The minimum Gasteiger partial charge on any atom is -0.386 e. The number of halogens is 2. The molecule has 24 heavy (non-hydrogen) atoms. The average Bonchev–Trinajstić information content (AvgIpc) is 2.53. The number of urea groups is 1. The minimum absolute atomic E-state index is 0.0875. The molecule has 1 atom stereocenters. The summed E-state index contributed by atoms with van der Waals surface area (Å²) < 4.78 is 26.3. The largest absolute Gasteiger partial charge is 0.386 e. The van der Waals surface area contributed by atoms with Crippen molar-refractivity contribution in [2.24, 2.45) is 0 Å². The van der Waals surface area contributed by atoms with E-state index in [4.69, 9.17) is 0 Å². The number of nitrogens with one attached hydrogen (secondary N) is 2. The Balaban J connectivity index is 1.89. The molecule has 0 fully saturated rings. The highest BCUT2D eigenvalue weighted by Crippen LogP contribution is 2.17. The van der Waals surface area contributed by atoms with Crippen LogP contribution in [-0.4, -0.2) is 23.5 Å². The highest BCUT2D eigenvalue weighted by atomic mass is 19.1. The Hall–Kier alpha value is -2.80. The van der Waals surface area contributed by atoms with Crippen molar-refractivity contribution in [1.82, 2.24) is 5.32 Å². The number of aliphatic hydroxyl groups excluding tert-OH is 1. The first kappa shape index (κ1) is 17.6. The lowest BCUT2D eigenvalue weighted by Crippen LogP contribution is -2.32. The Morgan fingerprint density at radius 3 is 2.38 bits per heavy atom. The summed E-state index contributed by atoms with van der Waals surface area (Å²) in [4.78, 5) is 22.9. The summed E-state index contributed by atoms with van der Waals surface area (Å²) in [5.41, 5.74) is 0.866. The van der Waals surface area contributed by atoms with E-state index in [0.717, 1.165) is 12.1 Å². The Kier molecular flexibility index (Phi) is 5.59. The summed E-state index contributed by atoms with van der Waals surface area (Å²) in [6, 6.07) is 8.47. The molecule has 0 unspecified atom stereocenters. The lowest BCUT2D eigenvalue weighted by molar-refractivity contribution is 0.101. The van der Waals surface area contributed by atoms with Crippen molar-refractivity contribution in [3.8, 4) is 0 Å². The second kappa shape index (κ2) is 7.65. The van der Waals surface area contributed by atoms with Crippen LogP contribution in [0.5, 0.6) is 0 Å². The van der Waals surface area contributed by atoms with Gasteiger partial charge in [0.2, 0.25) is 0 Å². The molecule has 3 N–H and O–H groups in total. The average molecular weight is 334 g/mol. The fourth-order valence-corrected chi connectivity index (χ4v) is 2.03. The van der Waals surface area contributed by atoms with Gasteiger partial charge in [-0.3, -0.25) is 4.79 Å². The molecule has 0 heterocycles. The molecule has 0 aromatic heterocycles. The molecular formula is C17H16F2N2O3. The van der Waals surface area contributed by atoms with Crippen LogP contribution in [0.4, 0.5) is 19.3 Å². The molecule has 2 aromatic rings. The number of carbonyl (C=O) groups excluding carboxylic acids is 2. The lowest BCUT2D eigenvalue weighted by Gasteiger charge is -2.14. The van der Waals surface area contributed by atoms with Crippen molar-refractivity contribution in [2.75, 3.05) is 11.9 Å². The van der Waals surface area contributed by atoms with Crippen molar-refractivity contribution in [3.63, 3.8) is 0 Å². The van der Waals surface area contributed by atoms with Crippen molar-refractivity contribution in [3.05, 3.63) is 65.2 Å². The van der Waals surface area contributed by atoms with Gasteiger partial charge in [0.15, 0.2) is 5.78 Å². The molecule has 0 saturated carbocycles. The highest BCUT2D eigenvalue weighted by Gasteiger charge is 2.14. The predicted octanol–water partition coefficient (Wildman–Crippen LogP) is 3.02. The third kappa shape index (κ3) is 4.60. The SMILES string of the molecule is CC(=O)c1ccc(NC(=O)NC[C@H](O)c2ccc(F)cc2F)cc1. The molecule has 0 aliphatic heterocycles. The molecule has 2 rings (SSSR count). The summed E-state index contributed by atoms with van der Waals surface area (Å²) in [5.74, 6) is -1.72. The third-order valence-electron chi connectivity index (χ3n) is 3.33. The second-order valence-electron chi connectivity index (χ2n) is 5.15. The number of hydrogen-bond donors (Lipinski definition) is 3. The first-order valence-electron chi connectivity index (χ1n) is 7.15. The van der Waals surface area contributed by atoms with Crippen LogP contribution >= 0.6 is 0 Å². The Morgan fingerprint density at radius 1 is 1.12 bits per heavy atom. The van der Waals surface area contributed by atoms with Crippen LogP contribution in [0.25, 0.3) is 0 Å². The van der Waals surface area contributed by atoms with Crippen molar-refractivity contribution in [1.29, 1.82) is 0 Å². The van der Waals surface area contributed by atoms with Gasteiger partial charge in [-0.05, 0) is 37.3 Å². The molecule has 0 aliphatic carbocycles. The van der Waals surface area contributed by atoms with Crippen LogP contribution in [0, 0.1) is 11.6 Å². The van der Waals surface area contributed by atoms with Gasteiger partial charge in [-0.15, -0.1) is 0 Å². The monoisotopic (exact) mass is 334 g/mol. The van der Waals surface area contributed by atoms with Crippen LogP contribution in [0.3, 0.4) is 0 Å². The minimum atomic E-state index is -1.31. The fraction of sp³-hybridized carbons (Fsp3) is 0.176. The Bertz CT molecular complexity index is 748. The fourth-order valence-electron chi connectivity index (χ4n) is 2.03. The maximum absolute atomic E-state index is 13.5. The number of amides is 2. The number of anilines is 1. The van der Waals surface area contributed by atoms with Gasteiger partial charge >= 0.3 is 6.03 Å². The van der Waals surface area contributed by atoms with Gasteiger partial charge in [0, 0.05) is 29.4 Å². The molecular weight excluding hydrogens is 318 g/mol. The van der Waals surface area contributed by atoms with E-state index < -0.39 is 23.8 Å². The van der Waals surface area contributed by atoms with Crippen LogP contribution in [-0.2, 0) is 0 Å². The maximum Gasteiger partial charge on any atom is 0.319 e. The molecule has 126 valence electrons. The van der Waals surface area contributed by atoms with Crippen LogP contribution < -0.4 is 10.6 Å². The first-order chi connectivity index (χ1) is 11.4. The van der Waals surface area contributed by atoms with Gasteiger partial charge in [-0.25, -0.2) is 13.6 Å². The zero-order valence-electron chi connectivity index (χ0n) is 12.8. The quantitative estimate of drug-likeness (QED) is 0.736. The van der Waals surface area contributed by atoms with Gasteiger partial charge in [-0.1, -0.05) is 6.07 Å². The molecule has 5 nitrogen and oxygen atoms in total. The number of aliphatic hydroxyl groups is 1. The molecule has 2 amide bonds. The number of ketones is 1. The molecule has 0 saturated heterocycles. The smallest absolute Gasteiger partial charge is 0.319 e. The van der Waals surface area contributed by atoms with Gasteiger partial charge in [0.05, 0.1) is 6.10 Å². The lowest BCUT2D eigenvalue weighted by atomic mass is 10.1. The van der Waals surface area contributed by atoms with Crippen molar-refractivity contribution < 1.29 is 23.5 Å². The summed E-state index contributed by atoms with van der Waals surface area (Å²) in [6.45, 7) is 1.19. The third-order valence-corrected chi connectivity index (χ3v) is 3.33. The molecule has 0 radical (unpaired) electrons. The molecule has 0 bridgehead atoms. The van der Waals surface area contributed by atoms with Gasteiger partial charge < -0.3 is 15.7 Å². The summed E-state index contributed by atoms with van der Waals surface area (Å²) in [6.07, 6.45) is -1.31. The van der Waals surface area contributed by atoms with Crippen molar-refractivity contribution in [2.45, 2.75) is 13.0 Å². The number of Topliss-reactive ketones (excluding diaryl/α,β-unsaturated/α-hetero) is 1. The zero-order valence-corrected chi connectivity index (χ0v) is 12.8. The number of benzene rings is 2. The number of carbonyl (C=O) groups is 2. The maximum atomic E-state index is 13.5. The van der Waals surface area contributed by atoms with Gasteiger partial charge in [0.25, 0.3) is 0 Å². The van der Waals surface area contributed by atoms with E-state index >= 15 is 0 Å². The number of rotatable bonds is 5. The Morgan fingerprint density at radius 2 is 1.79 bits per heavy atom. The van der Waals surface area contributed by atoms with E-state index in [2.05, 4.69) is 10.6 Å². The van der Waals surface area contributed by atoms with Crippen LogP contribution in [0.1, 0.15) is 28.9 Å². The highest BCUT2D eigenvalue weighted by molar-refractivity contribution is 5.95. The van der Waals surface area contributed by atoms with E-state index in [9.17, 15) is 23.5 Å². The summed E-state index contributed by atoms with van der Waals surface area (Å²) in [5, 5.41) is 14.8. The normalized spacial score (nSPS) is 11.7. The van der Waals surface area contributed by atoms with E-state index in [0.29, 0.717) is 17.3 Å². The van der Waals surface area contributed by atoms with Crippen molar-refractivity contribution >= 4 is 17.5 Å². The molecule has 7 heteroatoms. The summed E-state index contributed by atoms with van der Waals surface area (Å²) >= 11 is 0. The zero-order chi connectivity index (χ0) is 17.7. The molecule has 0 aliphatic rings. The Labute approximate surface area is 137 Å². The van der Waals surface area contributed by atoms with Crippen LogP contribution in [0.15, 0.2) is 42.5 Å². The van der Waals surface area contributed by atoms with Gasteiger partial charge in [-0.2, -0.15) is 0 Å².